The van der Waals surface area contributed by atoms with E-state index in [1.165, 1.54) is 29.5 Å². The van der Waals surface area contributed by atoms with Crippen LogP contribution in [0.1, 0.15) is 15.4 Å². The number of amides is 1. The summed E-state index contributed by atoms with van der Waals surface area (Å²) in [4.78, 5) is 29.5. The molecule has 4 rings (SSSR count). The molecule has 4 aromatic rings. The zero-order valence-electron chi connectivity index (χ0n) is 15.8. The molecule has 0 bridgehead atoms. The van der Waals surface area contributed by atoms with Gasteiger partial charge in [0, 0.05) is 33.6 Å². The van der Waals surface area contributed by atoms with Crippen LogP contribution < -0.4 is 10.9 Å². The van der Waals surface area contributed by atoms with Crippen LogP contribution >= 0.6 is 11.3 Å². The Bertz CT molecular complexity index is 1280. The number of hydrogen-bond acceptors (Lipinski definition) is 5. The van der Waals surface area contributed by atoms with Gasteiger partial charge in [-0.05, 0) is 55.8 Å². The lowest BCUT2D eigenvalue weighted by Crippen LogP contribution is -2.14. The number of anilines is 1. The number of hydrogen-bond donors (Lipinski definition) is 1. The van der Waals surface area contributed by atoms with Crippen LogP contribution in [0.2, 0.25) is 0 Å². The Labute approximate surface area is 169 Å². The highest BCUT2D eigenvalue weighted by Gasteiger charge is 2.15. The summed E-state index contributed by atoms with van der Waals surface area (Å²) in [5, 5.41) is 4.48. The van der Waals surface area contributed by atoms with Crippen LogP contribution in [-0.2, 0) is 11.2 Å². The zero-order valence-corrected chi connectivity index (χ0v) is 16.6. The second-order valence-corrected chi connectivity index (χ2v) is 7.98. The molecule has 0 aliphatic heterocycles. The first-order valence-electron chi connectivity index (χ1n) is 8.95. The quantitative estimate of drug-likeness (QED) is 0.490. The van der Waals surface area contributed by atoms with Crippen molar-refractivity contribution in [3.8, 4) is 11.3 Å². The molecule has 2 aromatic heterocycles. The third kappa shape index (κ3) is 4.09. The molecule has 5 nitrogen and oxygen atoms in total. The van der Waals surface area contributed by atoms with Gasteiger partial charge in [0.05, 0.1) is 17.1 Å². The molecule has 2 aromatic carbocycles. The van der Waals surface area contributed by atoms with Crippen molar-refractivity contribution in [2.75, 3.05) is 5.32 Å². The Balaban J connectivity index is 1.57. The first-order chi connectivity index (χ1) is 13.9. The van der Waals surface area contributed by atoms with Gasteiger partial charge in [-0.3, -0.25) is 4.79 Å². The first-order valence-corrected chi connectivity index (χ1v) is 9.77. The third-order valence-corrected chi connectivity index (χ3v) is 5.45. The molecule has 0 aliphatic rings. The summed E-state index contributed by atoms with van der Waals surface area (Å²) >= 11 is 1.43. The van der Waals surface area contributed by atoms with Crippen molar-refractivity contribution in [2.24, 2.45) is 0 Å². The molecule has 0 saturated carbocycles. The molecule has 0 aliphatic carbocycles. The second kappa shape index (κ2) is 7.60. The summed E-state index contributed by atoms with van der Waals surface area (Å²) in [6, 6.07) is 12.7. The lowest BCUT2D eigenvalue weighted by Gasteiger charge is -2.07. The van der Waals surface area contributed by atoms with Crippen LogP contribution in [0.15, 0.2) is 57.7 Å². The molecule has 7 heteroatoms. The summed E-state index contributed by atoms with van der Waals surface area (Å²) in [6.45, 7) is 3.70. The maximum absolute atomic E-state index is 13.2. The summed E-state index contributed by atoms with van der Waals surface area (Å²) in [5.74, 6) is -0.537. The van der Waals surface area contributed by atoms with Gasteiger partial charge in [0.2, 0.25) is 5.91 Å². The molecular weight excluding hydrogens is 391 g/mol. The number of thiazole rings is 1. The number of nitrogens with one attached hydrogen (secondary N) is 1. The molecule has 0 atom stereocenters. The molecule has 0 unspecified atom stereocenters. The van der Waals surface area contributed by atoms with E-state index in [9.17, 15) is 14.0 Å². The van der Waals surface area contributed by atoms with Crippen molar-refractivity contribution in [1.82, 2.24) is 4.98 Å². The van der Waals surface area contributed by atoms with E-state index in [0.29, 0.717) is 17.0 Å². The molecule has 0 fully saturated rings. The minimum atomic E-state index is -0.428. The van der Waals surface area contributed by atoms with Gasteiger partial charge in [-0.2, -0.15) is 0 Å². The van der Waals surface area contributed by atoms with Crippen LogP contribution in [-0.4, -0.2) is 10.9 Å². The van der Waals surface area contributed by atoms with E-state index in [4.69, 9.17) is 4.42 Å². The van der Waals surface area contributed by atoms with E-state index in [1.54, 1.807) is 24.3 Å². The minimum Gasteiger partial charge on any atom is -0.423 e. The Morgan fingerprint density at radius 2 is 1.90 bits per heavy atom. The van der Waals surface area contributed by atoms with E-state index in [0.717, 1.165) is 26.4 Å². The largest absolute Gasteiger partial charge is 0.423 e. The van der Waals surface area contributed by atoms with Gasteiger partial charge in [-0.25, -0.2) is 14.2 Å². The molecule has 29 heavy (non-hydrogen) atoms. The maximum Gasteiger partial charge on any atom is 0.336 e. The highest BCUT2D eigenvalue weighted by atomic mass is 32.1. The van der Waals surface area contributed by atoms with Gasteiger partial charge in [0.25, 0.3) is 0 Å². The fourth-order valence-electron chi connectivity index (χ4n) is 3.18. The number of halogens is 1. The Morgan fingerprint density at radius 3 is 2.66 bits per heavy atom. The Kier molecular flexibility index (Phi) is 4.98. The second-order valence-electron chi connectivity index (χ2n) is 6.70. The summed E-state index contributed by atoms with van der Waals surface area (Å²) in [6.07, 6.45) is 0.133. The number of benzene rings is 2. The normalized spacial score (nSPS) is 11.0. The number of fused-ring (bicyclic) bond motifs is 1. The SMILES string of the molecule is Cc1nc(-c2ccc(F)cc2)c(CC(=O)Nc2ccc3c(C)cc(=O)oc3c2)s1. The van der Waals surface area contributed by atoms with Crippen LogP contribution in [0.5, 0.6) is 0 Å². The van der Waals surface area contributed by atoms with Crippen LogP contribution in [0, 0.1) is 19.7 Å². The average Bonchev–Trinajstić information content (AvgIpc) is 3.01. The van der Waals surface area contributed by atoms with Crippen molar-refractivity contribution < 1.29 is 13.6 Å². The summed E-state index contributed by atoms with van der Waals surface area (Å²) < 4.78 is 18.4. The van der Waals surface area contributed by atoms with Gasteiger partial charge in [-0.1, -0.05) is 0 Å². The zero-order chi connectivity index (χ0) is 20.5. The number of rotatable bonds is 4. The van der Waals surface area contributed by atoms with E-state index in [-0.39, 0.29) is 18.1 Å². The van der Waals surface area contributed by atoms with Crippen molar-refractivity contribution in [3.05, 3.63) is 80.2 Å². The lowest BCUT2D eigenvalue weighted by atomic mass is 10.1. The fourth-order valence-corrected chi connectivity index (χ4v) is 4.13. The topological polar surface area (TPSA) is 72.2 Å². The van der Waals surface area contributed by atoms with Gasteiger partial charge in [0.15, 0.2) is 0 Å². The third-order valence-electron chi connectivity index (χ3n) is 4.48. The molecule has 0 spiro atoms. The number of aromatic nitrogens is 1. The van der Waals surface area contributed by atoms with Crippen molar-refractivity contribution in [3.63, 3.8) is 0 Å². The predicted octanol–water partition coefficient (Wildman–Crippen LogP) is 4.85. The van der Waals surface area contributed by atoms with Gasteiger partial charge in [-0.15, -0.1) is 11.3 Å². The number of carbonyl (C=O) groups excluding carboxylic acids is 1. The summed E-state index contributed by atoms with van der Waals surface area (Å²) in [7, 11) is 0. The lowest BCUT2D eigenvalue weighted by molar-refractivity contribution is -0.115. The minimum absolute atomic E-state index is 0.133. The van der Waals surface area contributed by atoms with Crippen molar-refractivity contribution >= 4 is 33.9 Å². The van der Waals surface area contributed by atoms with E-state index < -0.39 is 5.63 Å². The van der Waals surface area contributed by atoms with Crippen LogP contribution in [0.3, 0.4) is 0 Å². The standard InChI is InChI=1S/C22H17FN2O3S/c1-12-9-21(27)28-18-10-16(7-8-17(12)18)25-20(26)11-19-22(24-13(2)29-19)14-3-5-15(23)6-4-14/h3-10H,11H2,1-2H3,(H,25,26). The van der Waals surface area contributed by atoms with E-state index in [1.807, 2.05) is 19.9 Å². The predicted molar refractivity (Wildman–Crippen MR) is 112 cm³/mol. The maximum atomic E-state index is 13.2. The highest BCUT2D eigenvalue weighted by molar-refractivity contribution is 7.12. The van der Waals surface area contributed by atoms with Gasteiger partial charge in [0.1, 0.15) is 11.4 Å². The number of carbonyl (C=O) groups is 1. The van der Waals surface area contributed by atoms with E-state index in [2.05, 4.69) is 10.3 Å². The first kappa shape index (κ1) is 19.0. The highest BCUT2D eigenvalue weighted by Crippen LogP contribution is 2.29. The van der Waals surface area contributed by atoms with Crippen molar-refractivity contribution in [1.29, 1.82) is 0 Å². The fraction of sp³-hybridized carbons (Fsp3) is 0.136. The monoisotopic (exact) mass is 408 g/mol. The molecular formula is C22H17FN2O3S. The Morgan fingerprint density at radius 1 is 1.14 bits per heavy atom. The molecule has 1 amide bonds. The van der Waals surface area contributed by atoms with Crippen LogP contribution in [0.25, 0.3) is 22.2 Å². The molecule has 0 saturated heterocycles. The number of nitrogens with zero attached hydrogens (tertiary/aromatic N) is 1. The average molecular weight is 408 g/mol. The van der Waals surface area contributed by atoms with Gasteiger partial charge >= 0.3 is 5.63 Å². The summed E-state index contributed by atoms with van der Waals surface area (Å²) in [5.41, 5.74) is 2.80. The Hall–Kier alpha value is -3.32. The van der Waals surface area contributed by atoms with Crippen molar-refractivity contribution in [2.45, 2.75) is 20.3 Å². The number of aryl methyl sites for hydroxylation is 2. The molecule has 2 heterocycles. The van der Waals surface area contributed by atoms with Crippen LogP contribution in [0.4, 0.5) is 10.1 Å². The molecule has 1 N–H and O–H groups in total. The molecule has 0 radical (unpaired) electrons. The smallest absolute Gasteiger partial charge is 0.336 e. The molecule has 146 valence electrons. The van der Waals surface area contributed by atoms with E-state index >= 15 is 0 Å². The van der Waals surface area contributed by atoms with Gasteiger partial charge < -0.3 is 9.73 Å².